The lowest BCUT2D eigenvalue weighted by Gasteiger charge is -1.92. The van der Waals surface area contributed by atoms with Crippen LogP contribution in [0, 0.1) is 0 Å². The Labute approximate surface area is 87.7 Å². The zero-order chi connectivity index (χ0) is 10.4. The van der Waals surface area contributed by atoms with E-state index in [1.165, 1.54) is 17.7 Å². The smallest absolute Gasteiger partial charge is 0.268 e. The van der Waals surface area contributed by atoms with E-state index in [1.54, 1.807) is 17.1 Å². The monoisotopic (exact) mass is 218 g/mol. The van der Waals surface area contributed by atoms with Crippen LogP contribution in [-0.2, 0) is 0 Å². The molecule has 0 aliphatic heterocycles. The van der Waals surface area contributed by atoms with Crippen molar-refractivity contribution in [3.05, 3.63) is 29.6 Å². The van der Waals surface area contributed by atoms with Crippen LogP contribution in [0.1, 0.15) is 0 Å². The minimum Gasteiger partial charge on any atom is -0.312 e. The normalized spacial score (nSPS) is 11.2. The van der Waals surface area contributed by atoms with Crippen molar-refractivity contribution in [2.75, 3.05) is 0 Å². The third-order valence-corrected chi connectivity index (χ3v) is 3.27. The number of thiophene rings is 1. The third-order valence-electron chi connectivity index (χ3n) is 2.19. The molecular weight excluding hydrogens is 212 g/mol. The zero-order valence-corrected chi connectivity index (χ0v) is 8.41. The number of nitrogens with one attached hydrogen (secondary N) is 1. The quantitative estimate of drug-likeness (QED) is 0.672. The van der Waals surface area contributed by atoms with Crippen molar-refractivity contribution in [3.8, 4) is 0 Å². The number of aromatic amines is 1. The Morgan fingerprint density at radius 1 is 1.53 bits per heavy atom. The van der Waals surface area contributed by atoms with Gasteiger partial charge < -0.3 is 9.55 Å². The Morgan fingerprint density at radius 2 is 2.40 bits per heavy atom. The molecule has 6 heteroatoms. The van der Waals surface area contributed by atoms with Crippen molar-refractivity contribution in [1.29, 1.82) is 0 Å². The van der Waals surface area contributed by atoms with Gasteiger partial charge in [-0.1, -0.05) is 6.58 Å². The van der Waals surface area contributed by atoms with E-state index < -0.39 is 0 Å². The van der Waals surface area contributed by atoms with Crippen molar-refractivity contribution in [2.45, 2.75) is 0 Å². The van der Waals surface area contributed by atoms with Gasteiger partial charge in [-0.15, -0.1) is 11.3 Å². The van der Waals surface area contributed by atoms with Crippen LogP contribution in [-0.4, -0.2) is 19.5 Å². The van der Waals surface area contributed by atoms with Crippen LogP contribution in [0.4, 0.5) is 0 Å². The van der Waals surface area contributed by atoms with Gasteiger partial charge in [-0.3, -0.25) is 4.79 Å². The van der Waals surface area contributed by atoms with E-state index in [4.69, 9.17) is 0 Å². The first-order chi connectivity index (χ1) is 7.31. The zero-order valence-electron chi connectivity index (χ0n) is 7.60. The molecular formula is C9H6N4OS. The lowest BCUT2D eigenvalue weighted by atomic mass is 10.4. The molecule has 0 radical (unpaired) electrons. The molecule has 74 valence electrons. The summed E-state index contributed by atoms with van der Waals surface area (Å²) in [5.41, 5.74) is 1.39. The second-order valence-electron chi connectivity index (χ2n) is 3.00. The number of H-pyrrole nitrogens is 1. The van der Waals surface area contributed by atoms with Crippen molar-refractivity contribution < 1.29 is 0 Å². The fraction of sp³-hybridized carbons (Fsp3) is 0. The maximum absolute atomic E-state index is 11.5. The highest BCUT2D eigenvalue weighted by atomic mass is 32.1. The molecule has 0 unspecified atom stereocenters. The second kappa shape index (κ2) is 2.77. The Kier molecular flexibility index (Phi) is 1.54. The summed E-state index contributed by atoms with van der Waals surface area (Å²) >= 11 is 1.34. The number of rotatable bonds is 1. The van der Waals surface area contributed by atoms with Crippen molar-refractivity contribution in [1.82, 2.24) is 19.5 Å². The minimum absolute atomic E-state index is 0.126. The molecule has 0 saturated heterocycles. The first-order valence-corrected chi connectivity index (χ1v) is 5.08. The summed E-state index contributed by atoms with van der Waals surface area (Å²) in [6.45, 7) is 3.68. The molecule has 3 aromatic rings. The van der Waals surface area contributed by atoms with Crippen molar-refractivity contribution >= 4 is 38.1 Å². The molecule has 3 heterocycles. The molecule has 0 fully saturated rings. The molecule has 1 N–H and O–H groups in total. The van der Waals surface area contributed by atoms with Gasteiger partial charge in [0.25, 0.3) is 5.56 Å². The summed E-state index contributed by atoms with van der Waals surface area (Å²) in [6, 6.07) is 0. The molecule has 0 aliphatic rings. The van der Waals surface area contributed by atoms with E-state index in [9.17, 15) is 4.79 Å². The van der Waals surface area contributed by atoms with Crippen LogP contribution in [0.25, 0.3) is 26.8 Å². The summed E-state index contributed by atoms with van der Waals surface area (Å²) < 4.78 is 2.37. The molecule has 15 heavy (non-hydrogen) atoms. The van der Waals surface area contributed by atoms with E-state index in [2.05, 4.69) is 21.5 Å². The van der Waals surface area contributed by atoms with Gasteiger partial charge in [0, 0.05) is 6.20 Å². The van der Waals surface area contributed by atoms with Gasteiger partial charge in [0.15, 0.2) is 0 Å². The average molecular weight is 218 g/mol. The first kappa shape index (κ1) is 8.37. The predicted octanol–water partition coefficient (Wildman–Crippen LogP) is 1.43. The van der Waals surface area contributed by atoms with Gasteiger partial charge >= 0.3 is 0 Å². The standard InChI is InChI=1S/C9H6N4OS/c1-2-13-4-12-9-6(13)5-7(15-9)8(14)11-3-10-5/h2-4H,1H2,(H,10,11,14). The van der Waals surface area contributed by atoms with Gasteiger partial charge in [0.2, 0.25) is 0 Å². The summed E-state index contributed by atoms with van der Waals surface area (Å²) in [5, 5.41) is 0. The minimum atomic E-state index is -0.126. The average Bonchev–Trinajstić information content (AvgIpc) is 2.77. The van der Waals surface area contributed by atoms with Gasteiger partial charge in [0.1, 0.15) is 26.9 Å². The lowest BCUT2D eigenvalue weighted by Crippen LogP contribution is -2.03. The van der Waals surface area contributed by atoms with Crippen molar-refractivity contribution in [2.24, 2.45) is 0 Å². The van der Waals surface area contributed by atoms with Gasteiger partial charge in [-0.05, 0) is 0 Å². The predicted molar refractivity (Wildman–Crippen MR) is 59.9 cm³/mol. The molecule has 0 aromatic carbocycles. The molecule has 0 aliphatic carbocycles. The Bertz CT molecular complexity index is 720. The van der Waals surface area contributed by atoms with Crippen LogP contribution >= 0.6 is 11.3 Å². The van der Waals surface area contributed by atoms with E-state index in [0.717, 1.165) is 10.3 Å². The molecule has 0 saturated carbocycles. The maximum Gasteiger partial charge on any atom is 0.268 e. The number of fused-ring (bicyclic) bond motifs is 3. The highest BCUT2D eigenvalue weighted by Crippen LogP contribution is 2.28. The summed E-state index contributed by atoms with van der Waals surface area (Å²) in [4.78, 5) is 23.2. The molecule has 3 aromatic heterocycles. The Balaban J connectivity index is 2.66. The van der Waals surface area contributed by atoms with Gasteiger partial charge in [0.05, 0.1) is 6.33 Å². The largest absolute Gasteiger partial charge is 0.312 e. The number of hydrogen-bond acceptors (Lipinski definition) is 4. The van der Waals surface area contributed by atoms with Crippen LogP contribution in [0.3, 0.4) is 0 Å². The molecule has 3 rings (SSSR count). The van der Waals surface area contributed by atoms with E-state index in [0.29, 0.717) is 10.2 Å². The highest BCUT2D eigenvalue weighted by Gasteiger charge is 2.12. The molecule has 0 amide bonds. The van der Waals surface area contributed by atoms with E-state index >= 15 is 0 Å². The van der Waals surface area contributed by atoms with E-state index in [1.807, 2.05) is 0 Å². The first-order valence-electron chi connectivity index (χ1n) is 4.26. The second-order valence-corrected chi connectivity index (χ2v) is 4.00. The summed E-state index contributed by atoms with van der Waals surface area (Å²) in [5.74, 6) is 0. The van der Waals surface area contributed by atoms with Crippen molar-refractivity contribution in [3.63, 3.8) is 0 Å². The topological polar surface area (TPSA) is 63.6 Å². The summed E-state index contributed by atoms with van der Waals surface area (Å²) in [6.07, 6.45) is 4.71. The van der Waals surface area contributed by atoms with Crippen LogP contribution in [0.15, 0.2) is 24.0 Å². The number of imidazole rings is 1. The maximum atomic E-state index is 11.5. The lowest BCUT2D eigenvalue weighted by molar-refractivity contribution is 1.16. The number of aromatic nitrogens is 4. The third kappa shape index (κ3) is 0.991. The summed E-state index contributed by atoms with van der Waals surface area (Å²) in [7, 11) is 0. The molecule has 5 nitrogen and oxygen atoms in total. The fourth-order valence-electron chi connectivity index (χ4n) is 1.53. The van der Waals surface area contributed by atoms with Crippen LogP contribution in [0.2, 0.25) is 0 Å². The fourth-order valence-corrected chi connectivity index (χ4v) is 2.52. The number of hydrogen-bond donors (Lipinski definition) is 1. The van der Waals surface area contributed by atoms with E-state index in [-0.39, 0.29) is 5.56 Å². The van der Waals surface area contributed by atoms with Crippen LogP contribution < -0.4 is 5.56 Å². The molecule has 0 spiro atoms. The Morgan fingerprint density at radius 3 is 3.20 bits per heavy atom. The SMILES string of the molecule is C=Cn1cnc2sc3c(=O)[nH]cnc3c21. The van der Waals surface area contributed by atoms with Gasteiger partial charge in [-0.2, -0.15) is 0 Å². The van der Waals surface area contributed by atoms with Gasteiger partial charge in [-0.25, -0.2) is 9.97 Å². The molecule has 0 atom stereocenters. The van der Waals surface area contributed by atoms with Crippen LogP contribution in [0.5, 0.6) is 0 Å². The molecule has 0 bridgehead atoms. The number of nitrogens with zero attached hydrogens (tertiary/aromatic N) is 3. The Hall–Kier alpha value is -1.95. The highest BCUT2D eigenvalue weighted by molar-refractivity contribution is 7.25.